The van der Waals surface area contributed by atoms with E-state index in [9.17, 15) is 8.42 Å². The monoisotopic (exact) mass is 380 g/mol. The molecule has 1 atom stereocenters. The van der Waals surface area contributed by atoms with Gasteiger partial charge in [-0.2, -0.15) is 4.31 Å². The Balaban J connectivity index is 1.90. The molecule has 0 amide bonds. The van der Waals surface area contributed by atoms with Crippen molar-refractivity contribution < 1.29 is 13.2 Å². The van der Waals surface area contributed by atoms with E-state index >= 15 is 0 Å². The summed E-state index contributed by atoms with van der Waals surface area (Å²) >= 11 is 0. The van der Waals surface area contributed by atoms with Crippen LogP contribution in [0.4, 0.5) is 0 Å². The Hall–Kier alpha value is -0.950. The summed E-state index contributed by atoms with van der Waals surface area (Å²) in [5.74, 6) is 0.533. The number of ether oxygens (including phenoxy) is 1. The topological polar surface area (TPSA) is 49.9 Å². The summed E-state index contributed by atoms with van der Waals surface area (Å²) in [6, 6.07) is 7.51. The number of morpholine rings is 1. The molecule has 146 valence electrons. The summed E-state index contributed by atoms with van der Waals surface area (Å²) in [4.78, 5) is 2.95. The molecule has 0 N–H and O–H groups in total. The van der Waals surface area contributed by atoms with Crippen LogP contribution in [0.2, 0.25) is 0 Å². The van der Waals surface area contributed by atoms with Crippen LogP contribution in [0.5, 0.6) is 0 Å². The van der Waals surface area contributed by atoms with Gasteiger partial charge >= 0.3 is 0 Å². The van der Waals surface area contributed by atoms with E-state index in [2.05, 4.69) is 25.7 Å². The minimum Gasteiger partial charge on any atom is -0.379 e. The fourth-order valence-corrected chi connectivity index (χ4v) is 5.75. The third-order valence-electron chi connectivity index (χ3n) is 6.25. The largest absolute Gasteiger partial charge is 0.379 e. The second-order valence-electron chi connectivity index (χ2n) is 8.01. The zero-order valence-corrected chi connectivity index (χ0v) is 17.1. The normalized spacial score (nSPS) is 26.3. The molecule has 0 radical (unpaired) electrons. The van der Waals surface area contributed by atoms with Crippen LogP contribution >= 0.6 is 0 Å². The van der Waals surface area contributed by atoms with Gasteiger partial charge in [-0.15, -0.1) is 0 Å². The molecular formula is C20H32N2O3S. The van der Waals surface area contributed by atoms with Crippen molar-refractivity contribution >= 4 is 10.0 Å². The van der Waals surface area contributed by atoms with Gasteiger partial charge in [-0.25, -0.2) is 8.42 Å². The molecule has 0 aromatic heterocycles. The third-order valence-corrected chi connectivity index (χ3v) is 8.25. The van der Waals surface area contributed by atoms with Crippen LogP contribution in [0, 0.1) is 5.92 Å². The molecule has 6 heteroatoms. The molecule has 3 rings (SSSR count). The molecule has 2 saturated heterocycles. The quantitative estimate of drug-likeness (QED) is 0.788. The molecular weight excluding hydrogens is 348 g/mol. The highest BCUT2D eigenvalue weighted by Crippen LogP contribution is 2.36. The van der Waals surface area contributed by atoms with E-state index in [0.717, 1.165) is 12.1 Å². The second-order valence-corrected chi connectivity index (χ2v) is 9.92. The Bertz CT molecular complexity index is 714. The number of hydrogen-bond donors (Lipinski definition) is 0. The maximum absolute atomic E-state index is 13.2. The van der Waals surface area contributed by atoms with Gasteiger partial charge < -0.3 is 4.74 Å². The Labute approximate surface area is 158 Å². The van der Waals surface area contributed by atoms with Crippen molar-refractivity contribution in [2.24, 2.45) is 5.92 Å². The number of rotatable bonds is 5. The standard InChI is InChI=1S/C20H32N2O3S/c1-17(2)20(3)10-6-7-11-21(20)16-18-8-4-5-9-19(18)26(23,24)22-12-14-25-15-13-22/h4-5,8-9,17H,6-7,10-16H2,1-3H3. The van der Waals surface area contributed by atoms with Gasteiger partial charge in [0.15, 0.2) is 0 Å². The van der Waals surface area contributed by atoms with E-state index in [0.29, 0.717) is 43.7 Å². The predicted octanol–water partition coefficient (Wildman–Crippen LogP) is 3.11. The minimum atomic E-state index is -3.47. The molecule has 1 unspecified atom stereocenters. The number of hydrogen-bond acceptors (Lipinski definition) is 4. The van der Waals surface area contributed by atoms with Crippen molar-refractivity contribution in [3.8, 4) is 0 Å². The first-order valence-corrected chi connectivity index (χ1v) is 11.2. The Morgan fingerprint density at radius 1 is 1.12 bits per heavy atom. The third kappa shape index (κ3) is 3.84. The number of likely N-dealkylation sites (tertiary alicyclic amines) is 1. The average molecular weight is 381 g/mol. The van der Waals surface area contributed by atoms with Crippen LogP contribution in [0.25, 0.3) is 0 Å². The summed E-state index contributed by atoms with van der Waals surface area (Å²) < 4.78 is 33.3. The van der Waals surface area contributed by atoms with Gasteiger partial charge in [0, 0.05) is 25.2 Å². The van der Waals surface area contributed by atoms with Crippen molar-refractivity contribution in [1.82, 2.24) is 9.21 Å². The van der Waals surface area contributed by atoms with Crippen LogP contribution in [0.3, 0.4) is 0 Å². The lowest BCUT2D eigenvalue weighted by atomic mass is 9.79. The predicted molar refractivity (Wildman–Crippen MR) is 104 cm³/mol. The smallest absolute Gasteiger partial charge is 0.243 e. The SMILES string of the molecule is CC(C)C1(C)CCCCN1Cc1ccccc1S(=O)(=O)N1CCOCC1. The molecule has 2 fully saturated rings. The summed E-state index contributed by atoms with van der Waals surface area (Å²) in [5.41, 5.74) is 1.03. The number of benzene rings is 1. The van der Waals surface area contributed by atoms with Crippen LogP contribution < -0.4 is 0 Å². The van der Waals surface area contributed by atoms with Crippen molar-refractivity contribution in [3.63, 3.8) is 0 Å². The van der Waals surface area contributed by atoms with E-state index in [1.165, 1.54) is 19.3 Å². The summed E-state index contributed by atoms with van der Waals surface area (Å²) in [6.45, 7) is 10.4. The maximum Gasteiger partial charge on any atom is 0.243 e. The zero-order chi connectivity index (χ0) is 18.8. The molecule has 2 aliphatic heterocycles. The molecule has 0 saturated carbocycles. The van der Waals surface area contributed by atoms with Crippen LogP contribution in [0.15, 0.2) is 29.2 Å². The molecule has 0 aliphatic carbocycles. The molecule has 0 bridgehead atoms. The fraction of sp³-hybridized carbons (Fsp3) is 0.700. The van der Waals surface area contributed by atoms with E-state index in [-0.39, 0.29) is 5.54 Å². The molecule has 1 aromatic carbocycles. The molecule has 0 spiro atoms. The van der Waals surface area contributed by atoms with Crippen molar-refractivity contribution in [1.29, 1.82) is 0 Å². The fourth-order valence-electron chi connectivity index (χ4n) is 4.13. The van der Waals surface area contributed by atoms with E-state index in [1.54, 1.807) is 10.4 Å². The lowest BCUT2D eigenvalue weighted by molar-refractivity contribution is 0.0157. The first-order valence-electron chi connectivity index (χ1n) is 9.76. The van der Waals surface area contributed by atoms with Crippen LogP contribution in [-0.2, 0) is 21.3 Å². The van der Waals surface area contributed by atoms with E-state index < -0.39 is 10.0 Å². The van der Waals surface area contributed by atoms with Crippen LogP contribution in [0.1, 0.15) is 45.6 Å². The van der Waals surface area contributed by atoms with Crippen molar-refractivity contribution in [2.75, 3.05) is 32.8 Å². The van der Waals surface area contributed by atoms with E-state index in [1.807, 2.05) is 18.2 Å². The van der Waals surface area contributed by atoms with Crippen molar-refractivity contribution in [3.05, 3.63) is 29.8 Å². The highest BCUT2D eigenvalue weighted by atomic mass is 32.2. The molecule has 5 nitrogen and oxygen atoms in total. The summed E-state index contributed by atoms with van der Waals surface area (Å²) in [5, 5.41) is 0. The number of sulfonamides is 1. The van der Waals surface area contributed by atoms with E-state index in [4.69, 9.17) is 4.74 Å². The minimum absolute atomic E-state index is 0.119. The van der Waals surface area contributed by atoms with Gasteiger partial charge in [0.05, 0.1) is 18.1 Å². The van der Waals surface area contributed by atoms with Gasteiger partial charge in [0.25, 0.3) is 0 Å². The lowest BCUT2D eigenvalue weighted by Crippen LogP contribution is -2.52. The summed E-state index contributed by atoms with van der Waals surface area (Å²) in [6.07, 6.45) is 3.60. The molecule has 1 aromatic rings. The molecule has 2 heterocycles. The lowest BCUT2D eigenvalue weighted by Gasteiger charge is -2.48. The second kappa shape index (κ2) is 7.97. The van der Waals surface area contributed by atoms with Gasteiger partial charge in [-0.3, -0.25) is 4.90 Å². The average Bonchev–Trinajstić information content (AvgIpc) is 2.64. The highest BCUT2D eigenvalue weighted by Gasteiger charge is 2.38. The van der Waals surface area contributed by atoms with Gasteiger partial charge in [0.2, 0.25) is 10.0 Å². The Morgan fingerprint density at radius 3 is 2.50 bits per heavy atom. The zero-order valence-electron chi connectivity index (χ0n) is 16.3. The van der Waals surface area contributed by atoms with Crippen LogP contribution in [-0.4, -0.2) is 56.0 Å². The Kier molecular flexibility index (Phi) is 6.07. The first-order chi connectivity index (χ1) is 12.4. The number of nitrogens with zero attached hydrogens (tertiary/aromatic N) is 2. The number of piperidine rings is 1. The van der Waals surface area contributed by atoms with Gasteiger partial charge in [0.1, 0.15) is 0 Å². The Morgan fingerprint density at radius 2 is 1.81 bits per heavy atom. The first kappa shape index (κ1) is 19.8. The van der Waals surface area contributed by atoms with Crippen molar-refractivity contribution in [2.45, 2.75) is 57.0 Å². The highest BCUT2D eigenvalue weighted by molar-refractivity contribution is 7.89. The summed E-state index contributed by atoms with van der Waals surface area (Å²) in [7, 11) is -3.47. The van der Waals surface area contributed by atoms with Gasteiger partial charge in [-0.05, 0) is 43.9 Å². The molecule has 2 aliphatic rings. The maximum atomic E-state index is 13.2. The van der Waals surface area contributed by atoms with Gasteiger partial charge in [-0.1, -0.05) is 38.5 Å². The molecule has 26 heavy (non-hydrogen) atoms.